The molecule has 0 heterocycles. The van der Waals surface area contributed by atoms with E-state index in [0.29, 0.717) is 4.31 Å². The van der Waals surface area contributed by atoms with Gasteiger partial charge in [-0.2, -0.15) is 4.31 Å². The van der Waals surface area contributed by atoms with Gasteiger partial charge in [0.1, 0.15) is 18.2 Å². The Morgan fingerprint density at radius 2 is 1.80 bits per heavy atom. The summed E-state index contributed by atoms with van der Waals surface area (Å²) in [6.45, 7) is 2.33. The number of benzene rings is 1. The maximum absolute atomic E-state index is 13.6. The third kappa shape index (κ3) is 3.73. The fourth-order valence-electron chi connectivity index (χ4n) is 1.66. The molecule has 0 radical (unpaired) electrons. The number of rotatable bonds is 6. The summed E-state index contributed by atoms with van der Waals surface area (Å²) in [6.07, 6.45) is 0. The van der Waals surface area contributed by atoms with Gasteiger partial charge < -0.3 is 5.11 Å². The molecule has 1 N–H and O–H groups in total. The molecule has 0 unspecified atom stereocenters. The number of hydrogen-bond donors (Lipinski definition) is 1. The average molecular weight is 307 g/mol. The highest BCUT2D eigenvalue weighted by Gasteiger charge is 2.32. The Kier molecular flexibility index (Phi) is 5.18. The van der Waals surface area contributed by atoms with Crippen LogP contribution in [0.4, 0.5) is 8.78 Å². The molecule has 0 aromatic heterocycles. The van der Waals surface area contributed by atoms with Gasteiger partial charge in [0.25, 0.3) is 0 Å². The van der Waals surface area contributed by atoms with Crippen LogP contribution in [0.5, 0.6) is 0 Å². The third-order valence-electron chi connectivity index (χ3n) is 2.40. The van der Waals surface area contributed by atoms with Crippen LogP contribution in [0, 0.1) is 17.6 Å². The van der Waals surface area contributed by atoms with Gasteiger partial charge in [-0.3, -0.25) is 4.79 Å². The first-order chi connectivity index (χ1) is 9.16. The normalized spacial score (nSPS) is 12.1. The molecular weight excluding hydrogens is 292 g/mol. The summed E-state index contributed by atoms with van der Waals surface area (Å²) in [4.78, 5) is 9.62. The van der Waals surface area contributed by atoms with E-state index in [4.69, 9.17) is 5.11 Å². The van der Waals surface area contributed by atoms with Gasteiger partial charge in [0.2, 0.25) is 10.0 Å². The van der Waals surface area contributed by atoms with Crippen LogP contribution in [0.2, 0.25) is 0 Å². The number of halogens is 2. The Labute approximate surface area is 115 Å². The average Bonchev–Trinajstić information content (AvgIpc) is 2.26. The highest BCUT2D eigenvalue weighted by Crippen LogP contribution is 2.23. The number of carbonyl (C=O) groups is 1. The summed E-state index contributed by atoms with van der Waals surface area (Å²) in [5, 5.41) is 8.75. The summed E-state index contributed by atoms with van der Waals surface area (Å²) in [7, 11) is -4.55. The van der Waals surface area contributed by atoms with Crippen LogP contribution in [-0.2, 0) is 14.8 Å². The van der Waals surface area contributed by atoms with Gasteiger partial charge in [0.15, 0.2) is 4.90 Å². The van der Waals surface area contributed by atoms with Crippen LogP contribution in [0.25, 0.3) is 0 Å². The molecule has 0 aliphatic carbocycles. The smallest absolute Gasteiger partial charge is 0.318 e. The number of sulfonamides is 1. The number of hydrogen-bond acceptors (Lipinski definition) is 3. The summed E-state index contributed by atoms with van der Waals surface area (Å²) >= 11 is 0. The summed E-state index contributed by atoms with van der Waals surface area (Å²) in [6, 6.07) is 2.65. The first-order valence-corrected chi connectivity index (χ1v) is 7.26. The van der Waals surface area contributed by atoms with E-state index in [1.165, 1.54) is 0 Å². The highest BCUT2D eigenvalue weighted by molar-refractivity contribution is 7.89. The molecule has 20 heavy (non-hydrogen) atoms. The fraction of sp³-hybridized carbons (Fsp3) is 0.417. The largest absolute Gasteiger partial charge is 0.480 e. The Hall–Kier alpha value is -1.54. The standard InChI is InChI=1S/C12H15F2NO4S/c1-8(2)6-15(7-11(16)17)20(18,19)12-9(13)4-3-5-10(12)14/h3-5,8H,6-7H2,1-2H3,(H,16,17). The number of carboxylic acids is 1. The van der Waals surface area contributed by atoms with Gasteiger partial charge in [-0.15, -0.1) is 0 Å². The minimum atomic E-state index is -4.55. The maximum Gasteiger partial charge on any atom is 0.318 e. The Balaban J connectivity index is 3.32. The van der Waals surface area contributed by atoms with Crippen molar-refractivity contribution in [2.75, 3.05) is 13.1 Å². The van der Waals surface area contributed by atoms with Crippen molar-refractivity contribution in [1.29, 1.82) is 0 Å². The van der Waals surface area contributed by atoms with Crippen molar-refractivity contribution in [2.45, 2.75) is 18.7 Å². The first kappa shape index (κ1) is 16.5. The van der Waals surface area contributed by atoms with Gasteiger partial charge in [-0.25, -0.2) is 17.2 Å². The molecule has 0 amide bonds. The molecule has 0 aliphatic heterocycles. The molecular formula is C12H15F2NO4S. The second-order valence-corrected chi connectivity index (χ2v) is 6.51. The molecule has 1 aromatic carbocycles. The van der Waals surface area contributed by atoms with Crippen LogP contribution < -0.4 is 0 Å². The lowest BCUT2D eigenvalue weighted by Crippen LogP contribution is -2.39. The second-order valence-electron chi connectivity index (χ2n) is 4.64. The summed E-state index contributed by atoms with van der Waals surface area (Å²) in [5.74, 6) is -4.08. The third-order valence-corrected chi connectivity index (χ3v) is 4.26. The van der Waals surface area contributed by atoms with Crippen LogP contribution in [0.1, 0.15) is 13.8 Å². The lowest BCUT2D eigenvalue weighted by molar-refractivity contribution is -0.137. The van der Waals surface area contributed by atoms with Crippen molar-refractivity contribution in [3.63, 3.8) is 0 Å². The SMILES string of the molecule is CC(C)CN(CC(=O)O)S(=O)(=O)c1c(F)cccc1F. The van der Waals surface area contributed by atoms with Crippen molar-refractivity contribution in [2.24, 2.45) is 5.92 Å². The molecule has 0 fully saturated rings. The van der Waals surface area contributed by atoms with E-state index < -0.39 is 39.1 Å². The number of aliphatic carboxylic acids is 1. The van der Waals surface area contributed by atoms with Crippen molar-refractivity contribution >= 4 is 16.0 Å². The van der Waals surface area contributed by atoms with E-state index in [2.05, 4.69) is 0 Å². The summed E-state index contributed by atoms with van der Waals surface area (Å²) in [5.41, 5.74) is 0. The molecule has 0 aliphatic rings. The highest BCUT2D eigenvalue weighted by atomic mass is 32.2. The molecule has 112 valence electrons. The van der Waals surface area contributed by atoms with Gasteiger partial charge in [-0.1, -0.05) is 19.9 Å². The minimum absolute atomic E-state index is 0.150. The molecule has 5 nitrogen and oxygen atoms in total. The van der Waals surface area contributed by atoms with E-state index >= 15 is 0 Å². The van der Waals surface area contributed by atoms with E-state index in [-0.39, 0.29) is 12.5 Å². The van der Waals surface area contributed by atoms with Crippen LogP contribution in [0.15, 0.2) is 23.1 Å². The fourth-order valence-corrected chi connectivity index (χ4v) is 3.33. The monoisotopic (exact) mass is 307 g/mol. The predicted molar refractivity (Wildman–Crippen MR) is 67.6 cm³/mol. The van der Waals surface area contributed by atoms with Crippen molar-refractivity contribution in [1.82, 2.24) is 4.31 Å². The van der Waals surface area contributed by atoms with Gasteiger partial charge in [0, 0.05) is 6.54 Å². The molecule has 8 heteroatoms. The molecule has 1 rings (SSSR count). The van der Waals surface area contributed by atoms with E-state index in [1.807, 2.05) is 0 Å². The number of carboxylic acid groups (broad SMARTS) is 1. The number of nitrogens with zero attached hydrogens (tertiary/aromatic N) is 1. The summed E-state index contributed by atoms with van der Waals surface area (Å²) < 4.78 is 52.2. The van der Waals surface area contributed by atoms with E-state index in [9.17, 15) is 22.0 Å². The molecule has 0 spiro atoms. The van der Waals surface area contributed by atoms with Gasteiger partial charge in [-0.05, 0) is 18.1 Å². The Bertz CT molecular complexity index is 581. The molecule has 0 atom stereocenters. The van der Waals surface area contributed by atoms with Crippen LogP contribution in [-0.4, -0.2) is 36.9 Å². The second kappa shape index (κ2) is 6.27. The van der Waals surface area contributed by atoms with Crippen molar-refractivity contribution in [3.8, 4) is 0 Å². The zero-order valence-corrected chi connectivity index (χ0v) is 11.8. The molecule has 1 aromatic rings. The molecule has 0 saturated carbocycles. The molecule has 0 saturated heterocycles. The van der Waals surface area contributed by atoms with Gasteiger partial charge >= 0.3 is 5.97 Å². The van der Waals surface area contributed by atoms with E-state index in [0.717, 1.165) is 18.2 Å². The molecule has 0 bridgehead atoms. The predicted octanol–water partition coefficient (Wildman–Crippen LogP) is 1.70. The minimum Gasteiger partial charge on any atom is -0.480 e. The Morgan fingerprint density at radius 1 is 1.30 bits per heavy atom. The lowest BCUT2D eigenvalue weighted by atomic mass is 10.2. The van der Waals surface area contributed by atoms with Crippen molar-refractivity contribution in [3.05, 3.63) is 29.8 Å². The first-order valence-electron chi connectivity index (χ1n) is 5.82. The van der Waals surface area contributed by atoms with Gasteiger partial charge in [0.05, 0.1) is 0 Å². The quantitative estimate of drug-likeness (QED) is 0.868. The van der Waals surface area contributed by atoms with Crippen LogP contribution in [0.3, 0.4) is 0 Å². The lowest BCUT2D eigenvalue weighted by Gasteiger charge is -2.22. The zero-order chi connectivity index (χ0) is 15.5. The van der Waals surface area contributed by atoms with E-state index in [1.54, 1.807) is 13.8 Å². The van der Waals surface area contributed by atoms with Crippen LogP contribution >= 0.6 is 0 Å². The topological polar surface area (TPSA) is 74.7 Å². The Morgan fingerprint density at radius 3 is 2.20 bits per heavy atom. The van der Waals surface area contributed by atoms with Crippen molar-refractivity contribution < 1.29 is 27.1 Å². The maximum atomic E-state index is 13.6. The zero-order valence-electron chi connectivity index (χ0n) is 11.0.